The van der Waals surface area contributed by atoms with Crippen molar-refractivity contribution in [1.82, 2.24) is 0 Å². The molecule has 1 aliphatic heterocycles. The fourth-order valence-corrected chi connectivity index (χ4v) is 3.38. The first kappa shape index (κ1) is 13.9. The third-order valence-corrected chi connectivity index (χ3v) is 4.71. The van der Waals surface area contributed by atoms with E-state index in [4.69, 9.17) is 10.9 Å². The first-order valence-electron chi connectivity index (χ1n) is 6.67. The minimum Gasteiger partial charge on any atom is -0.397 e. The van der Waals surface area contributed by atoms with Gasteiger partial charge in [-0.3, -0.25) is 0 Å². The molecular weight excluding hydrogens is 286 g/mol. The number of hydrogen-bond acceptors (Lipinski definition) is 4. The van der Waals surface area contributed by atoms with Crippen molar-refractivity contribution in [1.29, 1.82) is 0 Å². The van der Waals surface area contributed by atoms with Gasteiger partial charge in [0.15, 0.2) is 0 Å². The van der Waals surface area contributed by atoms with Crippen LogP contribution in [-0.4, -0.2) is 14.5 Å². The quantitative estimate of drug-likeness (QED) is 0.830. The van der Waals surface area contributed by atoms with Crippen LogP contribution in [0.3, 0.4) is 0 Å². The van der Waals surface area contributed by atoms with Gasteiger partial charge in [-0.1, -0.05) is 18.2 Å². The molecule has 110 valence electrons. The Hall–Kier alpha value is -2.05. The van der Waals surface area contributed by atoms with Crippen molar-refractivity contribution in [2.75, 3.05) is 10.6 Å². The lowest BCUT2D eigenvalue weighted by atomic mass is 10.1. The Bertz CT molecular complexity index is 802. The molecule has 0 bridgehead atoms. The molecule has 1 heterocycles. The van der Waals surface area contributed by atoms with Crippen LogP contribution in [0.25, 0.3) is 0 Å². The van der Waals surface area contributed by atoms with Gasteiger partial charge in [0.1, 0.15) is 0 Å². The van der Waals surface area contributed by atoms with Crippen molar-refractivity contribution in [3.63, 3.8) is 0 Å². The van der Waals surface area contributed by atoms with Crippen LogP contribution in [0.4, 0.5) is 17.1 Å². The summed E-state index contributed by atoms with van der Waals surface area (Å²) >= 11 is 0. The average molecular weight is 303 g/mol. The number of primary sulfonamides is 1. The van der Waals surface area contributed by atoms with Gasteiger partial charge >= 0.3 is 0 Å². The second kappa shape index (κ2) is 4.75. The standard InChI is InChI=1S/C15H17N3O2S/c1-10-8-11-4-2-3-5-14(11)18(10)15-9-12(21(17,19)20)6-7-13(15)16/h2-7,9-10H,8,16H2,1H3,(H2,17,19,20). The van der Waals surface area contributed by atoms with Crippen LogP contribution in [0.15, 0.2) is 47.4 Å². The molecule has 21 heavy (non-hydrogen) atoms. The van der Waals surface area contributed by atoms with Crippen LogP contribution in [-0.2, 0) is 16.4 Å². The van der Waals surface area contributed by atoms with Gasteiger partial charge in [0.05, 0.1) is 16.3 Å². The van der Waals surface area contributed by atoms with Crippen LogP contribution >= 0.6 is 0 Å². The second-order valence-electron chi connectivity index (χ2n) is 5.32. The van der Waals surface area contributed by atoms with E-state index in [2.05, 4.69) is 17.9 Å². The van der Waals surface area contributed by atoms with E-state index < -0.39 is 10.0 Å². The summed E-state index contributed by atoms with van der Waals surface area (Å²) in [4.78, 5) is 2.14. The summed E-state index contributed by atoms with van der Waals surface area (Å²) in [6.07, 6.45) is 0.898. The topological polar surface area (TPSA) is 89.4 Å². The summed E-state index contributed by atoms with van der Waals surface area (Å²) in [6, 6.07) is 12.8. The third kappa shape index (κ3) is 2.36. The predicted molar refractivity (Wildman–Crippen MR) is 84.0 cm³/mol. The molecule has 6 heteroatoms. The summed E-state index contributed by atoms with van der Waals surface area (Å²) in [5, 5.41) is 5.22. The Balaban J connectivity index is 2.17. The maximum atomic E-state index is 11.6. The van der Waals surface area contributed by atoms with Crippen molar-refractivity contribution < 1.29 is 8.42 Å². The van der Waals surface area contributed by atoms with Crippen LogP contribution < -0.4 is 15.8 Å². The molecule has 4 N–H and O–H groups in total. The van der Waals surface area contributed by atoms with E-state index in [9.17, 15) is 8.42 Å². The Kier molecular flexibility index (Phi) is 3.15. The lowest BCUT2D eigenvalue weighted by molar-refractivity contribution is 0.597. The minimum atomic E-state index is -3.75. The number of hydrogen-bond donors (Lipinski definition) is 2. The molecule has 3 rings (SSSR count). The molecule has 0 radical (unpaired) electrons. The highest BCUT2D eigenvalue weighted by atomic mass is 32.2. The van der Waals surface area contributed by atoms with E-state index in [1.54, 1.807) is 12.1 Å². The minimum absolute atomic E-state index is 0.0725. The third-order valence-electron chi connectivity index (χ3n) is 3.80. The van der Waals surface area contributed by atoms with Gasteiger partial charge in [0, 0.05) is 11.7 Å². The van der Waals surface area contributed by atoms with Gasteiger partial charge in [-0.15, -0.1) is 0 Å². The van der Waals surface area contributed by atoms with E-state index >= 15 is 0 Å². The normalized spacial score (nSPS) is 17.8. The number of para-hydroxylation sites is 1. The number of sulfonamides is 1. The van der Waals surface area contributed by atoms with Crippen molar-refractivity contribution >= 4 is 27.1 Å². The van der Waals surface area contributed by atoms with Gasteiger partial charge in [-0.05, 0) is 43.2 Å². The van der Waals surface area contributed by atoms with Crippen molar-refractivity contribution in [2.24, 2.45) is 5.14 Å². The average Bonchev–Trinajstić information content (AvgIpc) is 2.74. The molecule has 5 nitrogen and oxygen atoms in total. The van der Waals surface area contributed by atoms with Crippen LogP contribution in [0.5, 0.6) is 0 Å². The molecular formula is C15H17N3O2S. The Morgan fingerprint density at radius 2 is 1.86 bits per heavy atom. The summed E-state index contributed by atoms with van der Waals surface area (Å²) in [6.45, 7) is 2.09. The molecule has 0 fully saturated rings. The highest BCUT2D eigenvalue weighted by molar-refractivity contribution is 7.89. The number of benzene rings is 2. The van der Waals surface area contributed by atoms with E-state index in [1.165, 1.54) is 11.6 Å². The smallest absolute Gasteiger partial charge is 0.238 e. The van der Waals surface area contributed by atoms with Crippen LogP contribution in [0.1, 0.15) is 12.5 Å². The Labute approximate surface area is 124 Å². The van der Waals surface area contributed by atoms with Crippen LogP contribution in [0, 0.1) is 0 Å². The zero-order chi connectivity index (χ0) is 15.2. The largest absolute Gasteiger partial charge is 0.397 e. The Morgan fingerprint density at radius 1 is 1.14 bits per heavy atom. The van der Waals surface area contributed by atoms with Gasteiger partial charge in [0.2, 0.25) is 10.0 Å². The zero-order valence-corrected chi connectivity index (χ0v) is 12.5. The second-order valence-corrected chi connectivity index (χ2v) is 6.88. The lowest BCUT2D eigenvalue weighted by Gasteiger charge is -2.26. The fraction of sp³-hybridized carbons (Fsp3) is 0.200. The first-order valence-corrected chi connectivity index (χ1v) is 8.22. The van der Waals surface area contributed by atoms with E-state index in [1.807, 2.05) is 18.2 Å². The first-order chi connectivity index (χ1) is 9.88. The van der Waals surface area contributed by atoms with E-state index in [0.717, 1.165) is 12.1 Å². The SMILES string of the molecule is CC1Cc2ccccc2N1c1cc(S(N)(=O)=O)ccc1N. The molecule has 1 atom stereocenters. The molecule has 0 aliphatic carbocycles. The van der Waals surface area contributed by atoms with E-state index in [-0.39, 0.29) is 10.9 Å². The van der Waals surface area contributed by atoms with Crippen LogP contribution in [0.2, 0.25) is 0 Å². The summed E-state index contributed by atoms with van der Waals surface area (Å²) in [7, 11) is -3.75. The molecule has 2 aromatic carbocycles. The summed E-state index contributed by atoms with van der Waals surface area (Å²) in [5.74, 6) is 0. The van der Waals surface area contributed by atoms with Crippen molar-refractivity contribution in [2.45, 2.75) is 24.3 Å². The summed E-state index contributed by atoms with van der Waals surface area (Å²) < 4.78 is 23.1. The van der Waals surface area contributed by atoms with Gasteiger partial charge in [0.25, 0.3) is 0 Å². The van der Waals surface area contributed by atoms with Gasteiger partial charge in [-0.2, -0.15) is 0 Å². The maximum absolute atomic E-state index is 11.6. The number of fused-ring (bicyclic) bond motifs is 1. The number of nitrogens with zero attached hydrogens (tertiary/aromatic N) is 1. The molecule has 1 aliphatic rings. The fourth-order valence-electron chi connectivity index (χ4n) is 2.84. The molecule has 0 spiro atoms. The molecule has 2 aromatic rings. The predicted octanol–water partition coefficient (Wildman–Crippen LogP) is 2.00. The lowest BCUT2D eigenvalue weighted by Crippen LogP contribution is -2.25. The van der Waals surface area contributed by atoms with Crippen molar-refractivity contribution in [3.05, 3.63) is 48.0 Å². The molecule has 0 amide bonds. The molecule has 0 saturated heterocycles. The number of nitrogen functional groups attached to an aromatic ring is 1. The maximum Gasteiger partial charge on any atom is 0.238 e. The van der Waals surface area contributed by atoms with Gasteiger partial charge < -0.3 is 10.6 Å². The molecule has 0 saturated carbocycles. The monoisotopic (exact) mass is 303 g/mol. The number of anilines is 3. The highest BCUT2D eigenvalue weighted by Gasteiger charge is 2.28. The molecule has 0 aromatic heterocycles. The van der Waals surface area contributed by atoms with Crippen molar-refractivity contribution in [3.8, 4) is 0 Å². The molecule has 1 unspecified atom stereocenters. The zero-order valence-electron chi connectivity index (χ0n) is 11.7. The number of rotatable bonds is 2. The number of nitrogens with two attached hydrogens (primary N) is 2. The summed E-state index contributed by atoms with van der Waals surface area (Å²) in [5.41, 5.74) is 9.55. The van der Waals surface area contributed by atoms with Gasteiger partial charge in [-0.25, -0.2) is 13.6 Å². The van der Waals surface area contributed by atoms with E-state index in [0.29, 0.717) is 11.4 Å². The highest BCUT2D eigenvalue weighted by Crippen LogP contribution is 2.41. The Morgan fingerprint density at radius 3 is 2.57 bits per heavy atom.